The second kappa shape index (κ2) is 11.7. The molecule has 0 spiro atoms. The topological polar surface area (TPSA) is 115 Å². The van der Waals surface area contributed by atoms with Crippen molar-refractivity contribution < 1.29 is 14.4 Å². The fraction of sp³-hybridized carbons (Fsp3) is 0.581. The molecule has 1 saturated carbocycles. The third kappa shape index (κ3) is 6.38. The molecule has 0 radical (unpaired) electrons. The lowest BCUT2D eigenvalue weighted by Crippen LogP contribution is -2.58. The Morgan fingerprint density at radius 3 is 2.38 bits per heavy atom. The standard InChI is InChI=1S/C31H41N5O3S/c1-19(2)16-23(21-9-11-22(12-10-21)25-20(3)33-18-40-25)34-27(37)24-8-7-15-36(24)28(38)26(30(4,5)6)35-29(39)31(17-32)13-14-31/h9-12,18-19,23-24,26H,7-8,13-16H2,1-6H3,(H,34,37)(H,35,39)/t23-,24?,26?/m0/s1. The Morgan fingerprint density at radius 1 is 1.18 bits per heavy atom. The Labute approximate surface area is 241 Å². The Hall–Kier alpha value is -3.25. The van der Waals surface area contributed by atoms with Crippen molar-refractivity contribution in [1.29, 1.82) is 5.26 Å². The number of rotatable bonds is 9. The Balaban J connectivity index is 1.50. The van der Waals surface area contributed by atoms with E-state index in [9.17, 15) is 19.6 Å². The third-order valence-electron chi connectivity index (χ3n) is 7.97. The van der Waals surface area contributed by atoms with E-state index in [0.29, 0.717) is 38.1 Å². The van der Waals surface area contributed by atoms with E-state index in [1.54, 1.807) is 16.2 Å². The van der Waals surface area contributed by atoms with E-state index in [0.717, 1.165) is 28.1 Å². The second-order valence-electron chi connectivity index (χ2n) is 12.7. The first-order valence-corrected chi connectivity index (χ1v) is 15.1. The minimum atomic E-state index is -1.02. The van der Waals surface area contributed by atoms with Gasteiger partial charge in [-0.15, -0.1) is 11.3 Å². The molecule has 1 aromatic heterocycles. The van der Waals surface area contributed by atoms with E-state index in [1.165, 1.54) is 0 Å². The van der Waals surface area contributed by atoms with E-state index in [-0.39, 0.29) is 17.9 Å². The summed E-state index contributed by atoms with van der Waals surface area (Å²) >= 11 is 1.61. The lowest BCUT2D eigenvalue weighted by molar-refractivity contribution is -0.144. The molecule has 2 aliphatic rings. The summed E-state index contributed by atoms with van der Waals surface area (Å²) in [4.78, 5) is 47.5. The average Bonchev–Trinajstić information content (AvgIpc) is 3.33. The number of amides is 3. The van der Waals surface area contributed by atoms with E-state index < -0.39 is 28.8 Å². The van der Waals surface area contributed by atoms with E-state index in [4.69, 9.17) is 0 Å². The van der Waals surface area contributed by atoms with Crippen molar-refractivity contribution in [1.82, 2.24) is 20.5 Å². The zero-order chi connectivity index (χ0) is 29.2. The number of aryl methyl sites for hydroxylation is 1. The van der Waals surface area contributed by atoms with Crippen molar-refractivity contribution in [2.45, 2.75) is 91.8 Å². The van der Waals surface area contributed by atoms with Crippen LogP contribution in [-0.4, -0.2) is 46.2 Å². The van der Waals surface area contributed by atoms with Gasteiger partial charge in [0.2, 0.25) is 17.7 Å². The summed E-state index contributed by atoms with van der Waals surface area (Å²) in [5.74, 6) is -0.478. The van der Waals surface area contributed by atoms with Crippen molar-refractivity contribution in [3.05, 3.63) is 41.0 Å². The molecule has 3 amide bonds. The van der Waals surface area contributed by atoms with Gasteiger partial charge in [0.15, 0.2) is 0 Å². The molecule has 2 unspecified atom stereocenters. The molecule has 2 heterocycles. The van der Waals surface area contributed by atoms with Crippen molar-refractivity contribution >= 4 is 29.1 Å². The van der Waals surface area contributed by atoms with Crippen LogP contribution < -0.4 is 10.6 Å². The smallest absolute Gasteiger partial charge is 0.246 e. The number of benzene rings is 1. The summed E-state index contributed by atoms with van der Waals surface area (Å²) in [6, 6.07) is 8.76. The lowest BCUT2D eigenvalue weighted by Gasteiger charge is -2.36. The highest BCUT2D eigenvalue weighted by atomic mass is 32.1. The highest BCUT2D eigenvalue weighted by Gasteiger charge is 2.53. The van der Waals surface area contributed by atoms with Crippen LogP contribution in [0.15, 0.2) is 29.8 Å². The van der Waals surface area contributed by atoms with Crippen LogP contribution in [0.1, 0.15) is 84.0 Å². The largest absolute Gasteiger partial charge is 0.347 e. The highest BCUT2D eigenvalue weighted by Crippen LogP contribution is 2.45. The number of carbonyl (C=O) groups is 3. The molecule has 2 aromatic rings. The van der Waals surface area contributed by atoms with Crippen LogP contribution in [0.2, 0.25) is 0 Å². The van der Waals surface area contributed by atoms with Gasteiger partial charge >= 0.3 is 0 Å². The maximum atomic E-state index is 13.8. The third-order valence-corrected chi connectivity index (χ3v) is 8.95. The van der Waals surface area contributed by atoms with Gasteiger partial charge in [0.05, 0.1) is 28.2 Å². The molecule has 3 atom stereocenters. The number of likely N-dealkylation sites (tertiary alicyclic amines) is 1. The summed E-state index contributed by atoms with van der Waals surface area (Å²) in [6.45, 7) is 12.4. The maximum absolute atomic E-state index is 13.8. The van der Waals surface area contributed by atoms with E-state index in [1.807, 2.05) is 33.2 Å². The van der Waals surface area contributed by atoms with Gasteiger partial charge in [-0.05, 0) is 61.5 Å². The summed E-state index contributed by atoms with van der Waals surface area (Å²) in [6.07, 6.45) is 3.08. The lowest BCUT2D eigenvalue weighted by atomic mass is 9.85. The van der Waals surface area contributed by atoms with Crippen LogP contribution in [0.5, 0.6) is 0 Å². The minimum Gasteiger partial charge on any atom is -0.347 e. The molecule has 1 aliphatic carbocycles. The van der Waals surface area contributed by atoms with E-state index in [2.05, 4.69) is 59.8 Å². The van der Waals surface area contributed by atoms with Gasteiger partial charge < -0.3 is 15.5 Å². The fourth-order valence-electron chi connectivity index (χ4n) is 5.36. The zero-order valence-corrected chi connectivity index (χ0v) is 25.2. The number of thiazole rings is 1. The summed E-state index contributed by atoms with van der Waals surface area (Å²) in [5.41, 5.74) is 3.36. The van der Waals surface area contributed by atoms with Crippen LogP contribution in [-0.2, 0) is 14.4 Å². The maximum Gasteiger partial charge on any atom is 0.246 e. The van der Waals surface area contributed by atoms with Crippen molar-refractivity contribution in [3.63, 3.8) is 0 Å². The molecule has 1 saturated heterocycles. The van der Waals surface area contributed by atoms with Gasteiger partial charge in [0, 0.05) is 6.54 Å². The molecular formula is C31H41N5O3S. The minimum absolute atomic E-state index is 0.173. The molecule has 2 N–H and O–H groups in total. The number of nitrogens with one attached hydrogen (secondary N) is 2. The Morgan fingerprint density at radius 2 is 1.85 bits per heavy atom. The number of aromatic nitrogens is 1. The van der Waals surface area contributed by atoms with Crippen molar-refractivity contribution in [3.8, 4) is 16.5 Å². The predicted molar refractivity (Wildman–Crippen MR) is 156 cm³/mol. The van der Waals surface area contributed by atoms with Crippen LogP contribution in [0.25, 0.3) is 10.4 Å². The van der Waals surface area contributed by atoms with Gasteiger partial charge in [-0.3, -0.25) is 14.4 Å². The first-order valence-electron chi connectivity index (χ1n) is 14.2. The van der Waals surface area contributed by atoms with Crippen LogP contribution >= 0.6 is 11.3 Å². The predicted octanol–water partition coefficient (Wildman–Crippen LogP) is 5.15. The highest BCUT2D eigenvalue weighted by molar-refractivity contribution is 7.13. The molecule has 1 aromatic carbocycles. The van der Waals surface area contributed by atoms with Gasteiger partial charge in [0.25, 0.3) is 0 Å². The normalized spacial score (nSPS) is 19.6. The molecule has 4 rings (SSSR count). The summed E-state index contributed by atoms with van der Waals surface area (Å²) in [7, 11) is 0. The first-order chi connectivity index (χ1) is 18.9. The zero-order valence-electron chi connectivity index (χ0n) is 24.4. The van der Waals surface area contributed by atoms with Crippen LogP contribution in [0.4, 0.5) is 0 Å². The Bertz CT molecular complexity index is 1280. The number of carbonyl (C=O) groups excluding carboxylic acids is 3. The molecule has 8 nitrogen and oxygen atoms in total. The quantitative estimate of drug-likeness (QED) is 0.438. The summed E-state index contributed by atoms with van der Waals surface area (Å²) in [5, 5.41) is 15.6. The molecular weight excluding hydrogens is 522 g/mol. The van der Waals surface area contributed by atoms with Gasteiger partial charge in [-0.25, -0.2) is 4.98 Å². The molecule has 0 bridgehead atoms. The fourth-order valence-corrected chi connectivity index (χ4v) is 6.18. The number of nitriles is 1. The molecule has 1 aliphatic heterocycles. The number of hydrogen-bond donors (Lipinski definition) is 2. The molecule has 9 heteroatoms. The van der Waals surface area contributed by atoms with E-state index >= 15 is 0 Å². The van der Waals surface area contributed by atoms with Gasteiger partial charge in [0.1, 0.15) is 17.5 Å². The number of nitrogens with zero attached hydrogens (tertiary/aromatic N) is 3. The molecule has 2 fully saturated rings. The molecule has 214 valence electrons. The average molecular weight is 564 g/mol. The SMILES string of the molecule is Cc1ncsc1-c1ccc([C@H](CC(C)C)NC(=O)C2CCCN2C(=O)C(NC(=O)C2(C#N)CC2)C(C)(C)C)cc1. The van der Waals surface area contributed by atoms with Gasteiger partial charge in [-0.2, -0.15) is 5.26 Å². The first kappa shape index (κ1) is 29.7. The monoisotopic (exact) mass is 563 g/mol. The van der Waals surface area contributed by atoms with Crippen molar-refractivity contribution in [2.75, 3.05) is 6.54 Å². The summed E-state index contributed by atoms with van der Waals surface area (Å²) < 4.78 is 0. The molecule has 40 heavy (non-hydrogen) atoms. The second-order valence-corrected chi connectivity index (χ2v) is 13.6. The van der Waals surface area contributed by atoms with Crippen LogP contribution in [0.3, 0.4) is 0 Å². The Kier molecular flexibility index (Phi) is 8.69. The van der Waals surface area contributed by atoms with Crippen molar-refractivity contribution in [2.24, 2.45) is 16.7 Å². The van der Waals surface area contributed by atoms with Gasteiger partial charge in [-0.1, -0.05) is 58.9 Å². The van der Waals surface area contributed by atoms with Crippen LogP contribution in [0, 0.1) is 35.0 Å². The number of hydrogen-bond acceptors (Lipinski definition) is 6.